The number of nitrogens with zero attached hydrogens (tertiary/aromatic N) is 1. The van der Waals surface area contributed by atoms with E-state index in [1.807, 2.05) is 12.3 Å². The molecule has 1 heterocycles. The monoisotopic (exact) mass is 309 g/mol. The van der Waals surface area contributed by atoms with Crippen LogP contribution in [0.25, 0.3) is 0 Å². The number of oxime groups is 1. The fraction of sp³-hybridized carbons (Fsp3) is 0.600. The molecule has 0 aromatic carbocycles. The number of thiophene rings is 1. The van der Waals surface area contributed by atoms with E-state index < -0.39 is 5.41 Å². The number of hydrogen-bond acceptors (Lipinski definition) is 4. The molecule has 5 nitrogen and oxygen atoms in total. The molecule has 0 aliphatic heterocycles. The van der Waals surface area contributed by atoms with Crippen molar-refractivity contribution in [3.63, 3.8) is 0 Å². The van der Waals surface area contributed by atoms with Gasteiger partial charge in [0, 0.05) is 6.54 Å². The third-order valence-corrected chi connectivity index (χ3v) is 5.30. The van der Waals surface area contributed by atoms with Gasteiger partial charge in [0.15, 0.2) is 5.84 Å². The number of amidine groups is 1. The van der Waals surface area contributed by atoms with E-state index in [1.54, 1.807) is 11.3 Å². The molecule has 21 heavy (non-hydrogen) atoms. The predicted octanol–water partition coefficient (Wildman–Crippen LogP) is 2.76. The molecular formula is C15H23N3O2S. The molecule has 1 saturated carbocycles. The predicted molar refractivity (Wildman–Crippen MR) is 84.4 cm³/mol. The van der Waals surface area contributed by atoms with Crippen molar-refractivity contribution in [2.45, 2.75) is 52.0 Å². The summed E-state index contributed by atoms with van der Waals surface area (Å²) in [6.45, 7) is 2.53. The summed E-state index contributed by atoms with van der Waals surface area (Å²) in [6.07, 6.45) is 5.35. The molecule has 1 amide bonds. The minimum atomic E-state index is -0.852. The van der Waals surface area contributed by atoms with E-state index in [0.29, 0.717) is 19.4 Å². The van der Waals surface area contributed by atoms with Crippen molar-refractivity contribution in [1.29, 1.82) is 0 Å². The molecule has 1 fully saturated rings. The third-order valence-electron chi connectivity index (χ3n) is 4.39. The zero-order valence-electron chi connectivity index (χ0n) is 12.4. The lowest BCUT2D eigenvalue weighted by Gasteiger charge is -2.29. The van der Waals surface area contributed by atoms with Crippen LogP contribution in [0.1, 0.15) is 49.7 Å². The standard InChI is InChI=1S/C15H23N3O2S/c1-11-9-21-10-12(11)8-17-14(19)15(13(16)18-20)6-4-2-3-5-7-15/h9-10,20H,2-8H2,1H3,(H2,16,18)(H,17,19). The average molecular weight is 309 g/mol. The lowest BCUT2D eigenvalue weighted by Crippen LogP contribution is -2.49. The minimum Gasteiger partial charge on any atom is -0.409 e. The molecule has 2 rings (SSSR count). The van der Waals surface area contributed by atoms with Gasteiger partial charge in [-0.05, 0) is 41.7 Å². The Morgan fingerprint density at radius 2 is 2.05 bits per heavy atom. The van der Waals surface area contributed by atoms with E-state index in [0.717, 1.165) is 31.2 Å². The zero-order valence-corrected chi connectivity index (χ0v) is 13.2. The lowest BCUT2D eigenvalue weighted by molar-refractivity contribution is -0.128. The first kappa shape index (κ1) is 15.8. The summed E-state index contributed by atoms with van der Waals surface area (Å²) in [4.78, 5) is 12.7. The summed E-state index contributed by atoms with van der Waals surface area (Å²) in [7, 11) is 0. The van der Waals surface area contributed by atoms with Crippen molar-refractivity contribution in [3.05, 3.63) is 21.9 Å². The molecule has 116 valence electrons. The fourth-order valence-corrected chi connectivity index (χ4v) is 3.80. The smallest absolute Gasteiger partial charge is 0.234 e. The first-order valence-electron chi connectivity index (χ1n) is 7.38. The fourth-order valence-electron chi connectivity index (χ4n) is 2.94. The summed E-state index contributed by atoms with van der Waals surface area (Å²) < 4.78 is 0. The van der Waals surface area contributed by atoms with Gasteiger partial charge in [0.1, 0.15) is 5.41 Å². The van der Waals surface area contributed by atoms with Crippen molar-refractivity contribution in [2.75, 3.05) is 0 Å². The number of aryl methyl sites for hydroxylation is 1. The highest BCUT2D eigenvalue weighted by atomic mass is 32.1. The maximum Gasteiger partial charge on any atom is 0.234 e. The third kappa shape index (κ3) is 3.37. The van der Waals surface area contributed by atoms with E-state index >= 15 is 0 Å². The van der Waals surface area contributed by atoms with Gasteiger partial charge in [-0.25, -0.2) is 0 Å². The van der Waals surface area contributed by atoms with Crippen molar-refractivity contribution in [1.82, 2.24) is 5.32 Å². The van der Waals surface area contributed by atoms with Gasteiger partial charge >= 0.3 is 0 Å². The Kier molecular flexibility index (Phi) is 5.22. The Morgan fingerprint density at radius 1 is 1.38 bits per heavy atom. The van der Waals surface area contributed by atoms with Crippen LogP contribution in [0.2, 0.25) is 0 Å². The van der Waals surface area contributed by atoms with Crippen LogP contribution >= 0.6 is 11.3 Å². The first-order chi connectivity index (χ1) is 10.1. The Balaban J connectivity index is 2.12. The highest BCUT2D eigenvalue weighted by Gasteiger charge is 2.42. The topological polar surface area (TPSA) is 87.7 Å². The second-order valence-electron chi connectivity index (χ2n) is 5.74. The van der Waals surface area contributed by atoms with E-state index in [-0.39, 0.29) is 11.7 Å². The van der Waals surface area contributed by atoms with Gasteiger partial charge in [-0.3, -0.25) is 4.79 Å². The number of amides is 1. The van der Waals surface area contributed by atoms with Crippen LogP contribution in [-0.2, 0) is 11.3 Å². The average Bonchev–Trinajstić information content (AvgIpc) is 2.76. The second-order valence-corrected chi connectivity index (χ2v) is 6.49. The highest BCUT2D eigenvalue weighted by molar-refractivity contribution is 7.08. The number of rotatable bonds is 4. The summed E-state index contributed by atoms with van der Waals surface area (Å²) in [5, 5.41) is 19.3. The summed E-state index contributed by atoms with van der Waals surface area (Å²) >= 11 is 1.63. The van der Waals surface area contributed by atoms with Crippen LogP contribution in [0.3, 0.4) is 0 Å². The first-order valence-corrected chi connectivity index (χ1v) is 8.32. The maximum atomic E-state index is 12.7. The van der Waals surface area contributed by atoms with Crippen LogP contribution in [0, 0.1) is 12.3 Å². The van der Waals surface area contributed by atoms with Crippen LogP contribution in [0.5, 0.6) is 0 Å². The number of nitrogens with one attached hydrogen (secondary N) is 1. The van der Waals surface area contributed by atoms with Gasteiger partial charge in [-0.1, -0.05) is 30.8 Å². The van der Waals surface area contributed by atoms with E-state index in [1.165, 1.54) is 5.56 Å². The Labute approximate surface area is 129 Å². The summed E-state index contributed by atoms with van der Waals surface area (Å²) in [5.41, 5.74) is 7.32. The van der Waals surface area contributed by atoms with Crippen LogP contribution in [-0.4, -0.2) is 17.0 Å². The molecule has 6 heteroatoms. The van der Waals surface area contributed by atoms with Crippen molar-refractivity contribution < 1.29 is 10.0 Å². The van der Waals surface area contributed by atoms with Gasteiger partial charge in [-0.2, -0.15) is 11.3 Å². The number of nitrogens with two attached hydrogens (primary N) is 1. The molecular weight excluding hydrogens is 286 g/mol. The molecule has 1 aliphatic carbocycles. The van der Waals surface area contributed by atoms with Crippen LogP contribution in [0.4, 0.5) is 0 Å². The van der Waals surface area contributed by atoms with Gasteiger partial charge in [0.2, 0.25) is 5.91 Å². The molecule has 0 unspecified atom stereocenters. The van der Waals surface area contributed by atoms with Crippen molar-refractivity contribution >= 4 is 23.1 Å². The number of carbonyl (C=O) groups is 1. The molecule has 4 N–H and O–H groups in total. The SMILES string of the molecule is Cc1cscc1CNC(=O)C1(/C(N)=N/O)CCCCCC1. The van der Waals surface area contributed by atoms with E-state index in [9.17, 15) is 4.79 Å². The molecule has 0 radical (unpaired) electrons. The zero-order chi connectivity index (χ0) is 15.3. The van der Waals surface area contributed by atoms with Crippen LogP contribution in [0.15, 0.2) is 15.9 Å². The van der Waals surface area contributed by atoms with Gasteiger partial charge < -0.3 is 16.3 Å². The second kappa shape index (κ2) is 6.93. The molecule has 0 bridgehead atoms. The van der Waals surface area contributed by atoms with Gasteiger partial charge in [0.25, 0.3) is 0 Å². The Hall–Kier alpha value is -1.56. The largest absolute Gasteiger partial charge is 0.409 e. The lowest BCUT2D eigenvalue weighted by atomic mass is 9.78. The van der Waals surface area contributed by atoms with Gasteiger partial charge in [0.05, 0.1) is 0 Å². The van der Waals surface area contributed by atoms with Crippen LogP contribution < -0.4 is 11.1 Å². The summed E-state index contributed by atoms with van der Waals surface area (Å²) in [6, 6.07) is 0. The molecule has 0 spiro atoms. The van der Waals surface area contributed by atoms with E-state index in [4.69, 9.17) is 10.9 Å². The summed E-state index contributed by atoms with van der Waals surface area (Å²) in [5.74, 6) is -0.0748. The number of carbonyl (C=O) groups excluding carboxylic acids is 1. The normalized spacial score (nSPS) is 19.0. The van der Waals surface area contributed by atoms with E-state index in [2.05, 4.69) is 15.9 Å². The Morgan fingerprint density at radius 3 is 2.57 bits per heavy atom. The Bertz CT molecular complexity index is 517. The van der Waals surface area contributed by atoms with Crippen molar-refractivity contribution in [2.24, 2.45) is 16.3 Å². The molecule has 1 aliphatic rings. The molecule has 1 aromatic heterocycles. The number of hydrogen-bond donors (Lipinski definition) is 3. The van der Waals surface area contributed by atoms with Gasteiger partial charge in [-0.15, -0.1) is 0 Å². The molecule has 1 aromatic rings. The molecule has 0 saturated heterocycles. The molecule has 0 atom stereocenters. The van der Waals surface area contributed by atoms with Crippen molar-refractivity contribution in [3.8, 4) is 0 Å². The minimum absolute atomic E-state index is 0.0453. The maximum absolute atomic E-state index is 12.7. The quantitative estimate of drug-likeness (QED) is 0.263. The highest BCUT2D eigenvalue weighted by Crippen LogP contribution is 2.35.